The number of hydrogen-bond donors (Lipinski definition) is 3. The molecule has 0 bridgehead atoms. The molecule has 0 saturated heterocycles. The number of carboxylic acid groups (broad SMARTS) is 1. The minimum Gasteiger partial charge on any atom is -0.493 e. The quantitative estimate of drug-likeness (QED) is 0.611. The maximum Gasteiger partial charge on any atom is 0.305 e. The molecule has 1 heterocycles. The number of hydrogen-bond acceptors (Lipinski definition) is 3. The molecule has 0 atom stereocenters. The van der Waals surface area contributed by atoms with Crippen LogP contribution in [0.1, 0.15) is 6.42 Å². The smallest absolute Gasteiger partial charge is 0.305 e. The van der Waals surface area contributed by atoms with Gasteiger partial charge in [0, 0.05) is 6.54 Å². The Bertz CT molecular complexity index is 341. The van der Waals surface area contributed by atoms with Crippen molar-refractivity contribution < 1.29 is 15.0 Å². The fourth-order valence-electron chi connectivity index (χ4n) is 0.810. The molecule has 0 unspecified atom stereocenters. The molecule has 0 aliphatic rings. The van der Waals surface area contributed by atoms with Crippen molar-refractivity contribution >= 4 is 18.2 Å². The molecule has 0 saturated carbocycles. The molecule has 1 aromatic rings. The van der Waals surface area contributed by atoms with Crippen molar-refractivity contribution in [3.8, 4) is 5.88 Å². The Hall–Kier alpha value is -1.30. The molecule has 66 valence electrons. The number of rotatable bonds is 3. The highest BCUT2D eigenvalue weighted by Gasteiger charge is 2.03. The summed E-state index contributed by atoms with van der Waals surface area (Å²) >= 11 is 4.78. The highest BCUT2D eigenvalue weighted by Crippen LogP contribution is 2.08. The Morgan fingerprint density at radius 2 is 2.42 bits per heavy atom. The minimum atomic E-state index is -0.919. The zero-order valence-corrected chi connectivity index (χ0v) is 6.97. The lowest BCUT2D eigenvalue weighted by Gasteiger charge is -1.99. The van der Waals surface area contributed by atoms with Crippen LogP contribution in [0.3, 0.4) is 0 Å². The number of nitrogens with one attached hydrogen (secondary N) is 1. The largest absolute Gasteiger partial charge is 0.493 e. The molecule has 0 spiro atoms. The molecule has 1 rings (SSSR count). The number of carbonyl (C=O) groups is 1. The Morgan fingerprint density at radius 3 is 2.83 bits per heavy atom. The van der Waals surface area contributed by atoms with Crippen LogP contribution in [-0.4, -0.2) is 25.7 Å². The second kappa shape index (κ2) is 3.40. The SMILES string of the molecule is O=C(O)CCn1c(O)c[nH]c1=S. The molecule has 1 aromatic heterocycles. The van der Waals surface area contributed by atoms with E-state index in [4.69, 9.17) is 22.4 Å². The number of aromatic amines is 1. The van der Waals surface area contributed by atoms with Gasteiger partial charge in [0.25, 0.3) is 0 Å². The minimum absolute atomic E-state index is 0.0405. The number of imidazole rings is 1. The van der Waals surface area contributed by atoms with Crippen molar-refractivity contribution in [3.63, 3.8) is 0 Å². The van der Waals surface area contributed by atoms with E-state index in [0.717, 1.165) is 0 Å². The average molecular weight is 188 g/mol. The first-order valence-corrected chi connectivity index (χ1v) is 3.71. The predicted molar refractivity (Wildman–Crippen MR) is 43.5 cm³/mol. The number of H-pyrrole nitrogens is 1. The lowest BCUT2D eigenvalue weighted by Crippen LogP contribution is -2.03. The lowest BCUT2D eigenvalue weighted by atomic mass is 10.4. The molecule has 6 heteroatoms. The lowest BCUT2D eigenvalue weighted by molar-refractivity contribution is -0.137. The number of aromatic hydroxyl groups is 1. The molecule has 0 amide bonds. The molecule has 0 radical (unpaired) electrons. The summed E-state index contributed by atoms with van der Waals surface area (Å²) in [6.07, 6.45) is 1.27. The van der Waals surface area contributed by atoms with Crippen LogP contribution in [0.4, 0.5) is 0 Å². The van der Waals surface area contributed by atoms with E-state index in [1.165, 1.54) is 10.8 Å². The zero-order chi connectivity index (χ0) is 9.14. The summed E-state index contributed by atoms with van der Waals surface area (Å²) in [4.78, 5) is 12.8. The van der Waals surface area contributed by atoms with Crippen LogP contribution < -0.4 is 0 Å². The van der Waals surface area contributed by atoms with E-state index in [1.807, 2.05) is 0 Å². The summed E-state index contributed by atoms with van der Waals surface area (Å²) in [6, 6.07) is 0. The van der Waals surface area contributed by atoms with Gasteiger partial charge in [-0.3, -0.25) is 9.36 Å². The normalized spacial score (nSPS) is 10.0. The van der Waals surface area contributed by atoms with Gasteiger partial charge in [-0.1, -0.05) is 0 Å². The first-order valence-electron chi connectivity index (χ1n) is 3.30. The topological polar surface area (TPSA) is 78.2 Å². The molecule has 0 aliphatic heterocycles. The summed E-state index contributed by atoms with van der Waals surface area (Å²) < 4.78 is 1.65. The van der Waals surface area contributed by atoms with E-state index in [1.54, 1.807) is 0 Å². The van der Waals surface area contributed by atoms with Crippen molar-refractivity contribution in [1.82, 2.24) is 9.55 Å². The molecule has 5 nitrogen and oxygen atoms in total. The molecule has 3 N–H and O–H groups in total. The van der Waals surface area contributed by atoms with Gasteiger partial charge in [0.05, 0.1) is 12.6 Å². The Balaban J connectivity index is 2.75. The number of carboxylic acids is 1. The van der Waals surface area contributed by atoms with Crippen molar-refractivity contribution in [2.75, 3.05) is 0 Å². The fraction of sp³-hybridized carbons (Fsp3) is 0.333. The first-order chi connectivity index (χ1) is 5.61. The van der Waals surface area contributed by atoms with Crippen molar-refractivity contribution in [2.45, 2.75) is 13.0 Å². The monoisotopic (exact) mass is 188 g/mol. The second-order valence-corrected chi connectivity index (χ2v) is 2.63. The van der Waals surface area contributed by atoms with Crippen molar-refractivity contribution in [2.24, 2.45) is 0 Å². The van der Waals surface area contributed by atoms with Crippen LogP contribution >= 0.6 is 12.2 Å². The molecule has 12 heavy (non-hydrogen) atoms. The summed E-state index contributed by atoms with van der Waals surface area (Å²) in [6.45, 7) is 0.184. The van der Waals surface area contributed by atoms with Gasteiger partial charge in [-0.25, -0.2) is 0 Å². The molecule has 0 fully saturated rings. The second-order valence-electron chi connectivity index (χ2n) is 2.25. The molecule has 0 aromatic carbocycles. The van der Waals surface area contributed by atoms with E-state index < -0.39 is 5.97 Å². The maximum absolute atomic E-state index is 10.2. The van der Waals surface area contributed by atoms with Crippen LogP contribution in [0.25, 0.3) is 0 Å². The summed E-state index contributed by atoms with van der Waals surface area (Å²) in [5.74, 6) is -0.959. The third-order valence-corrected chi connectivity index (χ3v) is 1.73. The first kappa shape index (κ1) is 8.79. The Labute approximate surface area is 73.3 Å². The molecular weight excluding hydrogens is 180 g/mol. The van der Waals surface area contributed by atoms with Crippen molar-refractivity contribution in [3.05, 3.63) is 11.0 Å². The van der Waals surface area contributed by atoms with Gasteiger partial charge >= 0.3 is 5.97 Å². The van der Waals surface area contributed by atoms with Crippen LogP contribution in [0.2, 0.25) is 0 Å². The van der Waals surface area contributed by atoms with E-state index in [-0.39, 0.29) is 18.8 Å². The van der Waals surface area contributed by atoms with E-state index >= 15 is 0 Å². The maximum atomic E-state index is 10.2. The van der Waals surface area contributed by atoms with E-state index in [9.17, 15) is 4.79 Å². The highest BCUT2D eigenvalue weighted by molar-refractivity contribution is 7.71. The van der Waals surface area contributed by atoms with Gasteiger partial charge in [-0.2, -0.15) is 0 Å². The van der Waals surface area contributed by atoms with Crippen LogP contribution in [0.5, 0.6) is 5.88 Å². The predicted octanol–water partition coefficient (Wildman–Crippen LogP) is 0.726. The van der Waals surface area contributed by atoms with E-state index in [0.29, 0.717) is 4.77 Å². The van der Waals surface area contributed by atoms with Gasteiger partial charge in [0.2, 0.25) is 5.88 Å². The Morgan fingerprint density at radius 1 is 1.75 bits per heavy atom. The van der Waals surface area contributed by atoms with Gasteiger partial charge in [-0.15, -0.1) is 0 Å². The number of aromatic nitrogens is 2. The number of nitrogens with zero attached hydrogens (tertiary/aromatic N) is 1. The summed E-state index contributed by atoms with van der Waals surface area (Å²) in [5, 5.41) is 17.5. The zero-order valence-electron chi connectivity index (χ0n) is 6.15. The van der Waals surface area contributed by atoms with Gasteiger partial charge < -0.3 is 15.2 Å². The van der Waals surface area contributed by atoms with Crippen molar-refractivity contribution in [1.29, 1.82) is 0 Å². The third-order valence-electron chi connectivity index (χ3n) is 1.40. The van der Waals surface area contributed by atoms with E-state index in [2.05, 4.69) is 4.98 Å². The van der Waals surface area contributed by atoms with Gasteiger partial charge in [-0.05, 0) is 12.2 Å². The average Bonchev–Trinajstić information content (AvgIpc) is 2.28. The standard InChI is InChI=1S/C6H8N2O3S/c9-4-3-7-6(12)8(4)2-1-5(10)11/h3,9H,1-2H2,(H,7,12)(H,10,11). The van der Waals surface area contributed by atoms with Gasteiger partial charge in [0.1, 0.15) is 0 Å². The molecular formula is C6H8N2O3S. The van der Waals surface area contributed by atoms with Crippen LogP contribution in [0, 0.1) is 4.77 Å². The third kappa shape index (κ3) is 1.85. The van der Waals surface area contributed by atoms with Crippen LogP contribution in [-0.2, 0) is 11.3 Å². The Kier molecular flexibility index (Phi) is 2.49. The highest BCUT2D eigenvalue weighted by atomic mass is 32.1. The van der Waals surface area contributed by atoms with Gasteiger partial charge in [0.15, 0.2) is 4.77 Å². The summed E-state index contributed by atoms with van der Waals surface area (Å²) in [7, 11) is 0. The fourth-order valence-corrected chi connectivity index (χ4v) is 1.05. The number of aliphatic carboxylic acids is 1. The molecule has 0 aliphatic carbocycles. The summed E-state index contributed by atoms with van der Waals surface area (Å²) in [5.41, 5.74) is 0. The van der Waals surface area contributed by atoms with Crippen LogP contribution in [0.15, 0.2) is 6.20 Å².